The Morgan fingerprint density at radius 2 is 1.96 bits per heavy atom. The van der Waals surface area contributed by atoms with E-state index in [9.17, 15) is 4.79 Å². The number of carbonyl (C=O) groups is 1. The van der Waals surface area contributed by atoms with E-state index in [1.807, 2.05) is 49.4 Å². The lowest BCUT2D eigenvalue weighted by molar-refractivity contribution is -0.118. The maximum absolute atomic E-state index is 12.1. The molecule has 0 heterocycles. The summed E-state index contributed by atoms with van der Waals surface area (Å²) in [5, 5.41) is 2.80. The van der Waals surface area contributed by atoms with Crippen molar-refractivity contribution in [3.05, 3.63) is 57.0 Å². The van der Waals surface area contributed by atoms with Gasteiger partial charge >= 0.3 is 0 Å². The van der Waals surface area contributed by atoms with Gasteiger partial charge in [-0.25, -0.2) is 0 Å². The first-order valence-corrected chi connectivity index (χ1v) is 8.80. The van der Waals surface area contributed by atoms with Gasteiger partial charge in [0.1, 0.15) is 0 Å². The Bertz CT molecular complexity index is 760. The molecular formula is C18H17Br2NO3. The summed E-state index contributed by atoms with van der Waals surface area (Å²) in [7, 11) is 1.57. The molecule has 2 rings (SSSR count). The topological polar surface area (TPSA) is 47.6 Å². The molecule has 2 aromatic rings. The van der Waals surface area contributed by atoms with Gasteiger partial charge in [-0.15, -0.1) is 0 Å². The van der Waals surface area contributed by atoms with E-state index in [1.165, 1.54) is 0 Å². The molecule has 0 bridgehead atoms. The van der Waals surface area contributed by atoms with Crippen LogP contribution in [0.2, 0.25) is 0 Å². The zero-order chi connectivity index (χ0) is 17.5. The summed E-state index contributed by atoms with van der Waals surface area (Å²) in [4.78, 5) is 12.1. The standard InChI is InChI=1S/C18H17Br2NO3/c1-3-4-12-5-8-16(17(9-12)23-2)24-11-18(22)21-15-10-13(19)6-7-14(15)20/h3-10H,11H2,1-2H3,(H,21,22)/b4-3+. The molecule has 2 aromatic carbocycles. The van der Waals surface area contributed by atoms with Crippen molar-refractivity contribution in [1.29, 1.82) is 0 Å². The van der Waals surface area contributed by atoms with Crippen LogP contribution in [0, 0.1) is 0 Å². The van der Waals surface area contributed by atoms with Crippen LogP contribution in [-0.2, 0) is 4.79 Å². The Labute approximate surface area is 158 Å². The number of anilines is 1. The van der Waals surface area contributed by atoms with Gasteiger partial charge in [0, 0.05) is 8.95 Å². The zero-order valence-electron chi connectivity index (χ0n) is 13.3. The molecule has 24 heavy (non-hydrogen) atoms. The minimum absolute atomic E-state index is 0.113. The minimum atomic E-state index is -0.256. The molecular weight excluding hydrogens is 438 g/mol. The molecule has 0 saturated heterocycles. The number of hydrogen-bond acceptors (Lipinski definition) is 3. The van der Waals surface area contributed by atoms with Gasteiger partial charge < -0.3 is 14.8 Å². The number of allylic oxidation sites excluding steroid dienone is 1. The van der Waals surface area contributed by atoms with Crippen LogP contribution in [0.1, 0.15) is 12.5 Å². The number of nitrogens with one attached hydrogen (secondary N) is 1. The highest BCUT2D eigenvalue weighted by atomic mass is 79.9. The first-order valence-electron chi connectivity index (χ1n) is 7.22. The smallest absolute Gasteiger partial charge is 0.262 e. The highest BCUT2D eigenvalue weighted by Crippen LogP contribution is 2.29. The van der Waals surface area contributed by atoms with Crippen molar-refractivity contribution in [2.75, 3.05) is 19.0 Å². The van der Waals surface area contributed by atoms with Crippen molar-refractivity contribution in [1.82, 2.24) is 0 Å². The number of halogens is 2. The molecule has 0 atom stereocenters. The van der Waals surface area contributed by atoms with Crippen molar-refractivity contribution >= 4 is 49.5 Å². The number of rotatable bonds is 6. The fourth-order valence-electron chi connectivity index (χ4n) is 2.02. The molecule has 0 radical (unpaired) electrons. The Morgan fingerprint density at radius 3 is 2.67 bits per heavy atom. The maximum atomic E-state index is 12.1. The first kappa shape index (κ1) is 18.5. The Morgan fingerprint density at radius 1 is 1.17 bits per heavy atom. The van der Waals surface area contributed by atoms with Crippen molar-refractivity contribution in [3.63, 3.8) is 0 Å². The third-order valence-electron chi connectivity index (χ3n) is 3.11. The van der Waals surface area contributed by atoms with Crippen LogP contribution in [0.25, 0.3) is 6.08 Å². The zero-order valence-corrected chi connectivity index (χ0v) is 16.5. The Hall–Kier alpha value is -1.79. The van der Waals surface area contributed by atoms with E-state index >= 15 is 0 Å². The monoisotopic (exact) mass is 453 g/mol. The number of methoxy groups -OCH3 is 1. The normalized spacial score (nSPS) is 10.7. The summed E-state index contributed by atoms with van der Waals surface area (Å²) in [5.41, 5.74) is 1.68. The molecule has 1 N–H and O–H groups in total. The van der Waals surface area contributed by atoms with E-state index in [-0.39, 0.29) is 12.5 Å². The molecule has 1 amide bonds. The van der Waals surface area contributed by atoms with E-state index in [4.69, 9.17) is 9.47 Å². The van der Waals surface area contributed by atoms with Crippen LogP contribution in [0.15, 0.2) is 51.4 Å². The number of hydrogen-bond donors (Lipinski definition) is 1. The second-order valence-corrected chi connectivity index (χ2v) is 6.64. The quantitative estimate of drug-likeness (QED) is 0.646. The predicted molar refractivity (Wildman–Crippen MR) is 104 cm³/mol. The third kappa shape index (κ3) is 5.11. The molecule has 0 spiro atoms. The summed E-state index contributed by atoms with van der Waals surface area (Å²) in [6, 6.07) is 11.1. The van der Waals surface area contributed by atoms with Gasteiger partial charge in [-0.05, 0) is 58.7 Å². The molecule has 0 fully saturated rings. The van der Waals surface area contributed by atoms with Gasteiger partial charge in [0.05, 0.1) is 12.8 Å². The summed E-state index contributed by atoms with van der Waals surface area (Å²) in [6.07, 6.45) is 3.91. The SMILES string of the molecule is C/C=C/c1ccc(OCC(=O)Nc2cc(Br)ccc2Br)c(OC)c1. The van der Waals surface area contributed by atoms with E-state index in [0.29, 0.717) is 17.2 Å². The van der Waals surface area contributed by atoms with Gasteiger partial charge in [-0.3, -0.25) is 4.79 Å². The minimum Gasteiger partial charge on any atom is -0.493 e. The second kappa shape index (κ2) is 8.89. The Balaban J connectivity index is 2.02. The van der Waals surface area contributed by atoms with Gasteiger partial charge in [0.15, 0.2) is 18.1 Å². The van der Waals surface area contributed by atoms with Crippen LogP contribution in [0.5, 0.6) is 11.5 Å². The van der Waals surface area contributed by atoms with Gasteiger partial charge in [-0.1, -0.05) is 34.1 Å². The Kier molecular flexibility index (Phi) is 6.87. The number of benzene rings is 2. The number of ether oxygens (including phenoxy) is 2. The molecule has 0 aliphatic heterocycles. The molecule has 0 saturated carbocycles. The lowest BCUT2D eigenvalue weighted by Crippen LogP contribution is -2.20. The van der Waals surface area contributed by atoms with Crippen molar-refractivity contribution < 1.29 is 14.3 Å². The average Bonchev–Trinajstić information content (AvgIpc) is 2.57. The van der Waals surface area contributed by atoms with Crippen LogP contribution >= 0.6 is 31.9 Å². The van der Waals surface area contributed by atoms with Gasteiger partial charge in [-0.2, -0.15) is 0 Å². The largest absolute Gasteiger partial charge is 0.493 e. The lowest BCUT2D eigenvalue weighted by Gasteiger charge is -2.12. The van der Waals surface area contributed by atoms with Crippen molar-refractivity contribution in [2.24, 2.45) is 0 Å². The summed E-state index contributed by atoms with van der Waals surface area (Å²) < 4.78 is 12.6. The van der Waals surface area contributed by atoms with Crippen molar-refractivity contribution in [2.45, 2.75) is 6.92 Å². The molecule has 4 nitrogen and oxygen atoms in total. The second-order valence-electron chi connectivity index (χ2n) is 4.87. The van der Waals surface area contributed by atoms with Gasteiger partial charge in [0.25, 0.3) is 5.91 Å². The lowest BCUT2D eigenvalue weighted by atomic mass is 10.2. The molecule has 0 aliphatic rings. The summed E-state index contributed by atoms with van der Waals surface area (Å²) in [5.74, 6) is 0.852. The molecule has 6 heteroatoms. The van der Waals surface area contributed by atoms with Gasteiger partial charge in [0.2, 0.25) is 0 Å². The number of carbonyl (C=O) groups excluding carboxylic acids is 1. The molecule has 126 valence electrons. The molecule has 0 aliphatic carbocycles. The van der Waals surface area contributed by atoms with E-state index in [0.717, 1.165) is 14.5 Å². The maximum Gasteiger partial charge on any atom is 0.262 e. The van der Waals surface area contributed by atoms with Crippen LogP contribution in [0.4, 0.5) is 5.69 Å². The average molecular weight is 455 g/mol. The molecule has 0 aromatic heterocycles. The highest BCUT2D eigenvalue weighted by Gasteiger charge is 2.10. The fourth-order valence-corrected chi connectivity index (χ4v) is 2.73. The first-order chi connectivity index (χ1) is 11.5. The highest BCUT2D eigenvalue weighted by molar-refractivity contribution is 9.11. The van der Waals surface area contributed by atoms with E-state index in [2.05, 4.69) is 37.2 Å². The van der Waals surface area contributed by atoms with E-state index in [1.54, 1.807) is 13.2 Å². The summed E-state index contributed by atoms with van der Waals surface area (Å²) in [6.45, 7) is 1.83. The van der Waals surface area contributed by atoms with Crippen LogP contribution in [0.3, 0.4) is 0 Å². The van der Waals surface area contributed by atoms with Crippen LogP contribution < -0.4 is 14.8 Å². The van der Waals surface area contributed by atoms with Crippen LogP contribution in [-0.4, -0.2) is 19.6 Å². The van der Waals surface area contributed by atoms with Crippen molar-refractivity contribution in [3.8, 4) is 11.5 Å². The van der Waals surface area contributed by atoms with E-state index < -0.39 is 0 Å². The molecule has 0 unspecified atom stereocenters. The fraction of sp³-hybridized carbons (Fsp3) is 0.167. The number of amides is 1. The third-order valence-corrected chi connectivity index (χ3v) is 4.29. The summed E-state index contributed by atoms with van der Waals surface area (Å²) >= 11 is 6.77. The predicted octanol–water partition coefficient (Wildman–Crippen LogP) is 5.27.